The Morgan fingerprint density at radius 3 is 2.52 bits per heavy atom. The van der Waals surface area contributed by atoms with Gasteiger partial charge in [0, 0.05) is 19.5 Å². The Kier molecular flexibility index (Phi) is 5.46. The van der Waals surface area contributed by atoms with E-state index < -0.39 is 0 Å². The first kappa shape index (κ1) is 15.2. The van der Waals surface area contributed by atoms with Gasteiger partial charge >= 0.3 is 0 Å². The van der Waals surface area contributed by atoms with Crippen LogP contribution in [0.15, 0.2) is 60.7 Å². The molecule has 1 aromatic rings. The van der Waals surface area contributed by atoms with E-state index in [0.29, 0.717) is 26.2 Å². The average molecular weight is 283 g/mol. The molecule has 1 aliphatic rings. The van der Waals surface area contributed by atoms with E-state index in [2.05, 4.69) is 18.3 Å². The van der Waals surface area contributed by atoms with Gasteiger partial charge in [-0.3, -0.25) is 9.69 Å². The molecule has 1 aliphatic heterocycles. The van der Waals surface area contributed by atoms with Crippen LogP contribution in [0.5, 0.6) is 0 Å². The van der Waals surface area contributed by atoms with E-state index in [-0.39, 0.29) is 5.91 Å². The fourth-order valence-corrected chi connectivity index (χ4v) is 2.31. The zero-order chi connectivity index (χ0) is 15.1. The molecule has 1 amide bonds. The first-order valence-corrected chi connectivity index (χ1v) is 7.12. The number of carbonyl (C=O) groups excluding carboxylic acids is 1. The topological polar surface area (TPSA) is 35.9 Å². The van der Waals surface area contributed by atoms with Crippen LogP contribution in [-0.2, 0) is 4.79 Å². The molecule has 4 heteroatoms. The van der Waals surface area contributed by atoms with Crippen LogP contribution in [-0.4, -0.2) is 47.7 Å². The number of benzene rings is 1. The predicted octanol–water partition coefficient (Wildman–Crippen LogP) is 2.30. The van der Waals surface area contributed by atoms with Gasteiger partial charge in [-0.05, 0) is 5.56 Å². The van der Waals surface area contributed by atoms with Crippen molar-refractivity contribution in [1.82, 2.24) is 9.91 Å². The summed E-state index contributed by atoms with van der Waals surface area (Å²) in [6.45, 7) is 9.75. The summed E-state index contributed by atoms with van der Waals surface area (Å²) in [4.78, 5) is 14.3. The molecule has 21 heavy (non-hydrogen) atoms. The van der Waals surface area contributed by atoms with Crippen molar-refractivity contribution >= 4 is 11.6 Å². The van der Waals surface area contributed by atoms with Crippen molar-refractivity contribution in [3.63, 3.8) is 0 Å². The SMILES string of the molecule is C=CCN(CC=C)CC(=O)N1CCC(c2ccccc2)=N1. The minimum atomic E-state index is 0.0182. The maximum absolute atomic E-state index is 12.3. The summed E-state index contributed by atoms with van der Waals surface area (Å²) < 4.78 is 0. The number of hydrogen-bond donors (Lipinski definition) is 0. The Bertz CT molecular complexity index is 526. The molecule has 0 fully saturated rings. The van der Waals surface area contributed by atoms with E-state index in [4.69, 9.17) is 0 Å². The maximum Gasteiger partial charge on any atom is 0.256 e. The third-order valence-electron chi connectivity index (χ3n) is 3.33. The molecule has 1 aromatic carbocycles. The highest BCUT2D eigenvalue weighted by Gasteiger charge is 2.22. The van der Waals surface area contributed by atoms with Gasteiger partial charge in [-0.1, -0.05) is 42.5 Å². The quantitative estimate of drug-likeness (QED) is 0.720. The Balaban J connectivity index is 1.99. The number of hydrogen-bond acceptors (Lipinski definition) is 3. The Labute approximate surface area is 126 Å². The van der Waals surface area contributed by atoms with Gasteiger partial charge in [0.2, 0.25) is 0 Å². The van der Waals surface area contributed by atoms with E-state index in [1.165, 1.54) is 0 Å². The lowest BCUT2D eigenvalue weighted by atomic mass is 10.1. The Hall–Kier alpha value is -2.20. The number of carbonyl (C=O) groups is 1. The van der Waals surface area contributed by atoms with E-state index >= 15 is 0 Å². The second-order valence-electron chi connectivity index (χ2n) is 4.95. The summed E-state index contributed by atoms with van der Waals surface area (Å²) in [7, 11) is 0. The van der Waals surface area contributed by atoms with E-state index in [0.717, 1.165) is 17.7 Å². The molecule has 1 heterocycles. The lowest BCUT2D eigenvalue weighted by Crippen LogP contribution is -2.37. The zero-order valence-corrected chi connectivity index (χ0v) is 12.2. The van der Waals surface area contributed by atoms with E-state index in [1.807, 2.05) is 35.2 Å². The van der Waals surface area contributed by atoms with Crippen molar-refractivity contribution in [2.75, 3.05) is 26.2 Å². The molecule has 0 saturated carbocycles. The smallest absolute Gasteiger partial charge is 0.256 e. The van der Waals surface area contributed by atoms with Crippen LogP contribution >= 0.6 is 0 Å². The molecular formula is C17H21N3O. The molecule has 4 nitrogen and oxygen atoms in total. The van der Waals surface area contributed by atoms with Gasteiger partial charge in [-0.15, -0.1) is 13.2 Å². The lowest BCUT2D eigenvalue weighted by molar-refractivity contribution is -0.131. The van der Waals surface area contributed by atoms with Gasteiger partial charge in [0.25, 0.3) is 5.91 Å². The van der Waals surface area contributed by atoms with Crippen molar-refractivity contribution in [2.24, 2.45) is 5.10 Å². The van der Waals surface area contributed by atoms with Gasteiger partial charge in [0.15, 0.2) is 0 Å². The zero-order valence-electron chi connectivity index (χ0n) is 12.2. The van der Waals surface area contributed by atoms with Crippen LogP contribution in [0.1, 0.15) is 12.0 Å². The predicted molar refractivity (Wildman–Crippen MR) is 86.1 cm³/mol. The minimum Gasteiger partial charge on any atom is -0.287 e. The molecule has 0 radical (unpaired) electrons. The summed E-state index contributed by atoms with van der Waals surface area (Å²) in [5.74, 6) is 0.0182. The van der Waals surface area contributed by atoms with Crippen molar-refractivity contribution in [2.45, 2.75) is 6.42 Å². The molecule has 0 aliphatic carbocycles. The van der Waals surface area contributed by atoms with Crippen molar-refractivity contribution in [3.8, 4) is 0 Å². The minimum absolute atomic E-state index is 0.0182. The normalized spacial score (nSPS) is 14.1. The van der Waals surface area contributed by atoms with Crippen molar-refractivity contribution in [1.29, 1.82) is 0 Å². The first-order chi connectivity index (χ1) is 10.2. The molecule has 0 bridgehead atoms. The van der Waals surface area contributed by atoms with Crippen LogP contribution in [0, 0.1) is 0 Å². The fourth-order valence-electron chi connectivity index (χ4n) is 2.31. The highest BCUT2D eigenvalue weighted by atomic mass is 16.2. The molecule has 0 atom stereocenters. The highest BCUT2D eigenvalue weighted by Crippen LogP contribution is 2.14. The Morgan fingerprint density at radius 1 is 1.24 bits per heavy atom. The van der Waals surface area contributed by atoms with Crippen molar-refractivity contribution < 1.29 is 4.79 Å². The van der Waals surface area contributed by atoms with Gasteiger partial charge < -0.3 is 0 Å². The fraction of sp³-hybridized carbons (Fsp3) is 0.294. The highest BCUT2D eigenvalue weighted by molar-refractivity contribution is 6.02. The molecular weight excluding hydrogens is 262 g/mol. The number of amides is 1. The van der Waals surface area contributed by atoms with Crippen LogP contribution in [0.4, 0.5) is 0 Å². The maximum atomic E-state index is 12.3. The molecule has 0 saturated heterocycles. The molecule has 0 spiro atoms. The van der Waals surface area contributed by atoms with Crippen molar-refractivity contribution in [3.05, 3.63) is 61.2 Å². The summed E-state index contributed by atoms with van der Waals surface area (Å²) in [6.07, 6.45) is 4.39. The van der Waals surface area contributed by atoms with Gasteiger partial charge in [-0.25, -0.2) is 5.01 Å². The molecule has 0 aromatic heterocycles. The summed E-state index contributed by atoms with van der Waals surface area (Å²) in [5.41, 5.74) is 2.06. The standard InChI is InChI=1S/C17H21N3O/c1-3-11-19(12-4-2)14-17(21)20-13-10-16(18-20)15-8-6-5-7-9-15/h3-9H,1-2,10-14H2. The summed E-state index contributed by atoms with van der Waals surface area (Å²) >= 11 is 0. The largest absolute Gasteiger partial charge is 0.287 e. The molecule has 0 N–H and O–H groups in total. The Morgan fingerprint density at radius 2 is 1.90 bits per heavy atom. The summed E-state index contributed by atoms with van der Waals surface area (Å²) in [5, 5.41) is 6.02. The molecule has 0 unspecified atom stereocenters. The van der Waals surface area contributed by atoms with Gasteiger partial charge in [0.05, 0.1) is 18.8 Å². The monoisotopic (exact) mass is 283 g/mol. The van der Waals surface area contributed by atoms with Crippen LogP contribution in [0.3, 0.4) is 0 Å². The van der Waals surface area contributed by atoms with Gasteiger partial charge in [-0.2, -0.15) is 5.10 Å². The number of hydrazone groups is 1. The second-order valence-corrected chi connectivity index (χ2v) is 4.95. The lowest BCUT2D eigenvalue weighted by Gasteiger charge is -2.20. The number of rotatable bonds is 7. The van der Waals surface area contributed by atoms with E-state index in [1.54, 1.807) is 17.2 Å². The van der Waals surface area contributed by atoms with Crippen LogP contribution in [0.25, 0.3) is 0 Å². The first-order valence-electron chi connectivity index (χ1n) is 7.12. The number of nitrogens with zero attached hydrogens (tertiary/aromatic N) is 3. The third kappa shape index (κ3) is 4.13. The van der Waals surface area contributed by atoms with E-state index in [9.17, 15) is 4.79 Å². The average Bonchev–Trinajstić information content (AvgIpc) is 2.98. The third-order valence-corrected chi connectivity index (χ3v) is 3.33. The van der Waals surface area contributed by atoms with Crippen LogP contribution in [0.2, 0.25) is 0 Å². The molecule has 110 valence electrons. The summed E-state index contributed by atoms with van der Waals surface area (Å²) in [6, 6.07) is 9.99. The molecule has 2 rings (SSSR count). The van der Waals surface area contributed by atoms with Crippen LogP contribution < -0.4 is 0 Å². The second kappa shape index (κ2) is 7.55. The van der Waals surface area contributed by atoms with Gasteiger partial charge in [0.1, 0.15) is 0 Å².